The van der Waals surface area contributed by atoms with Crippen molar-refractivity contribution < 1.29 is 9.53 Å². The smallest absolute Gasteiger partial charge is 0.321 e. The van der Waals surface area contributed by atoms with Crippen LogP contribution in [0.3, 0.4) is 0 Å². The molecule has 0 aromatic rings. The lowest BCUT2D eigenvalue weighted by molar-refractivity contribution is -0.145. The SMILES string of the molecule is CN(C)CCCOC(=O)C(C)(C)S. The number of thiol groups is 1. The summed E-state index contributed by atoms with van der Waals surface area (Å²) in [6, 6.07) is 0. The van der Waals surface area contributed by atoms with Crippen molar-refractivity contribution in [3.05, 3.63) is 0 Å². The summed E-state index contributed by atoms with van der Waals surface area (Å²) in [7, 11) is 3.98. The van der Waals surface area contributed by atoms with Gasteiger partial charge in [-0.3, -0.25) is 4.79 Å². The molecule has 0 saturated heterocycles. The first-order valence-corrected chi connectivity index (χ1v) is 4.83. The number of hydrogen-bond acceptors (Lipinski definition) is 4. The summed E-state index contributed by atoms with van der Waals surface area (Å²) in [4.78, 5) is 13.3. The average Bonchev–Trinajstić information content (AvgIpc) is 1.95. The molecule has 0 bridgehead atoms. The Morgan fingerprint density at radius 2 is 2.00 bits per heavy atom. The largest absolute Gasteiger partial charge is 0.465 e. The minimum absolute atomic E-state index is 0.255. The van der Waals surface area contributed by atoms with Gasteiger partial charge in [0.05, 0.1) is 6.61 Å². The molecule has 0 rings (SSSR count). The molecule has 0 fully saturated rings. The fourth-order valence-electron chi connectivity index (χ4n) is 0.722. The van der Waals surface area contributed by atoms with E-state index in [0.29, 0.717) is 6.61 Å². The van der Waals surface area contributed by atoms with Gasteiger partial charge in [-0.25, -0.2) is 0 Å². The van der Waals surface area contributed by atoms with E-state index in [9.17, 15) is 4.79 Å². The molecule has 4 heteroatoms. The van der Waals surface area contributed by atoms with Gasteiger partial charge in [-0.05, 0) is 34.4 Å². The van der Waals surface area contributed by atoms with Gasteiger partial charge in [0.1, 0.15) is 4.75 Å². The Bertz CT molecular complexity index is 163. The molecule has 13 heavy (non-hydrogen) atoms. The monoisotopic (exact) mass is 205 g/mol. The van der Waals surface area contributed by atoms with Gasteiger partial charge in [0, 0.05) is 6.54 Å². The van der Waals surface area contributed by atoms with Gasteiger partial charge in [0.2, 0.25) is 0 Å². The molecule has 0 N–H and O–H groups in total. The standard InChI is InChI=1S/C9H19NO2S/c1-9(2,13)8(11)12-7-5-6-10(3)4/h13H,5-7H2,1-4H3. The van der Waals surface area contributed by atoms with Gasteiger partial charge in [0.15, 0.2) is 0 Å². The van der Waals surface area contributed by atoms with Gasteiger partial charge in [0.25, 0.3) is 0 Å². The Morgan fingerprint density at radius 3 is 2.38 bits per heavy atom. The van der Waals surface area contributed by atoms with Crippen LogP contribution in [0.15, 0.2) is 0 Å². The topological polar surface area (TPSA) is 29.5 Å². The number of ether oxygens (including phenoxy) is 1. The zero-order valence-electron chi connectivity index (χ0n) is 8.83. The third-order valence-corrected chi connectivity index (χ3v) is 1.66. The maximum absolute atomic E-state index is 11.2. The van der Waals surface area contributed by atoms with Crippen molar-refractivity contribution in [3.63, 3.8) is 0 Å². The molecule has 78 valence electrons. The Labute approximate surface area is 85.8 Å². The molecule has 0 heterocycles. The Balaban J connectivity index is 3.49. The van der Waals surface area contributed by atoms with Crippen molar-refractivity contribution in [2.45, 2.75) is 25.0 Å². The maximum atomic E-state index is 11.2. The molecule has 0 aliphatic heterocycles. The van der Waals surface area contributed by atoms with E-state index in [2.05, 4.69) is 17.5 Å². The van der Waals surface area contributed by atoms with E-state index in [-0.39, 0.29) is 5.97 Å². The van der Waals surface area contributed by atoms with Crippen molar-refractivity contribution in [1.29, 1.82) is 0 Å². The summed E-state index contributed by atoms with van der Waals surface area (Å²) < 4.78 is 4.33. The second-order valence-electron chi connectivity index (χ2n) is 3.85. The van der Waals surface area contributed by atoms with Crippen LogP contribution >= 0.6 is 12.6 Å². The summed E-state index contributed by atoms with van der Waals surface area (Å²) >= 11 is 4.11. The molecule has 0 aromatic heterocycles. The van der Waals surface area contributed by atoms with Crippen LogP contribution in [0, 0.1) is 0 Å². The fourth-order valence-corrected chi connectivity index (χ4v) is 0.787. The number of hydrogen-bond donors (Lipinski definition) is 1. The van der Waals surface area contributed by atoms with E-state index in [1.807, 2.05) is 14.1 Å². The number of rotatable bonds is 5. The second-order valence-corrected chi connectivity index (χ2v) is 4.97. The van der Waals surface area contributed by atoms with Crippen LogP contribution < -0.4 is 0 Å². The Kier molecular flexibility index (Phi) is 5.40. The van der Waals surface area contributed by atoms with E-state index in [1.165, 1.54) is 0 Å². The van der Waals surface area contributed by atoms with Crippen LogP contribution in [0.25, 0.3) is 0 Å². The van der Waals surface area contributed by atoms with E-state index >= 15 is 0 Å². The summed E-state index contributed by atoms with van der Waals surface area (Å²) in [5, 5.41) is 0. The normalized spacial score (nSPS) is 11.8. The zero-order valence-corrected chi connectivity index (χ0v) is 9.73. The van der Waals surface area contributed by atoms with Crippen LogP contribution in [0.2, 0.25) is 0 Å². The first-order valence-electron chi connectivity index (χ1n) is 4.38. The van der Waals surface area contributed by atoms with Crippen LogP contribution in [0.1, 0.15) is 20.3 Å². The van der Waals surface area contributed by atoms with E-state index in [1.54, 1.807) is 13.8 Å². The minimum atomic E-state index is -0.682. The molecular formula is C9H19NO2S. The van der Waals surface area contributed by atoms with Gasteiger partial charge >= 0.3 is 5.97 Å². The minimum Gasteiger partial charge on any atom is -0.465 e. The third kappa shape index (κ3) is 6.90. The zero-order chi connectivity index (χ0) is 10.5. The van der Waals surface area contributed by atoms with Crippen LogP contribution in [-0.2, 0) is 9.53 Å². The molecule has 0 unspecified atom stereocenters. The summed E-state index contributed by atoms with van der Waals surface area (Å²) in [6.07, 6.45) is 0.864. The summed E-state index contributed by atoms with van der Waals surface area (Å²) in [5.74, 6) is -0.255. The van der Waals surface area contributed by atoms with E-state index < -0.39 is 4.75 Å². The Hall–Kier alpha value is -0.220. The predicted octanol–water partition coefficient (Wildman–Crippen LogP) is 1.19. The number of esters is 1. The molecule has 0 amide bonds. The molecule has 0 saturated carbocycles. The molecule has 0 aliphatic carbocycles. The van der Waals surface area contributed by atoms with Crippen molar-refractivity contribution in [1.82, 2.24) is 4.90 Å². The highest BCUT2D eigenvalue weighted by Gasteiger charge is 2.23. The van der Waals surface area contributed by atoms with Gasteiger partial charge < -0.3 is 9.64 Å². The van der Waals surface area contributed by atoms with E-state index in [0.717, 1.165) is 13.0 Å². The molecule has 0 aliphatic rings. The highest BCUT2D eigenvalue weighted by molar-refractivity contribution is 7.82. The molecule has 0 aromatic carbocycles. The lowest BCUT2D eigenvalue weighted by Crippen LogP contribution is -2.28. The molecule has 0 spiro atoms. The van der Waals surface area contributed by atoms with Crippen molar-refractivity contribution >= 4 is 18.6 Å². The van der Waals surface area contributed by atoms with E-state index in [4.69, 9.17) is 4.74 Å². The molecule has 3 nitrogen and oxygen atoms in total. The van der Waals surface area contributed by atoms with Crippen molar-refractivity contribution in [2.24, 2.45) is 0 Å². The predicted molar refractivity (Wildman–Crippen MR) is 57.2 cm³/mol. The van der Waals surface area contributed by atoms with Crippen molar-refractivity contribution in [3.8, 4) is 0 Å². The van der Waals surface area contributed by atoms with Crippen molar-refractivity contribution in [2.75, 3.05) is 27.2 Å². The van der Waals surface area contributed by atoms with Crippen LogP contribution in [-0.4, -0.2) is 42.9 Å². The van der Waals surface area contributed by atoms with Gasteiger partial charge in [-0.1, -0.05) is 0 Å². The summed E-state index contributed by atoms with van der Waals surface area (Å²) in [6.45, 7) is 4.86. The molecule has 0 radical (unpaired) electrons. The fraction of sp³-hybridized carbons (Fsp3) is 0.889. The van der Waals surface area contributed by atoms with Crippen LogP contribution in [0.5, 0.6) is 0 Å². The lowest BCUT2D eigenvalue weighted by atomic mass is 10.2. The average molecular weight is 205 g/mol. The highest BCUT2D eigenvalue weighted by atomic mass is 32.1. The maximum Gasteiger partial charge on any atom is 0.321 e. The van der Waals surface area contributed by atoms with Gasteiger partial charge in [-0.15, -0.1) is 0 Å². The molecular weight excluding hydrogens is 186 g/mol. The van der Waals surface area contributed by atoms with Crippen LogP contribution in [0.4, 0.5) is 0 Å². The second kappa shape index (κ2) is 5.50. The highest BCUT2D eigenvalue weighted by Crippen LogP contribution is 2.13. The quantitative estimate of drug-likeness (QED) is 0.415. The number of carbonyl (C=O) groups excluding carboxylic acids is 1. The first kappa shape index (κ1) is 12.8. The summed E-state index contributed by atoms with van der Waals surface area (Å²) in [5.41, 5.74) is 0. The first-order chi connectivity index (χ1) is 5.84. The number of carbonyl (C=O) groups is 1. The Morgan fingerprint density at radius 1 is 1.46 bits per heavy atom. The van der Waals surface area contributed by atoms with Gasteiger partial charge in [-0.2, -0.15) is 12.6 Å². The number of nitrogens with zero attached hydrogens (tertiary/aromatic N) is 1. The third-order valence-electron chi connectivity index (χ3n) is 1.48. The lowest BCUT2D eigenvalue weighted by Gasteiger charge is -2.16. The molecule has 0 atom stereocenters.